The van der Waals surface area contributed by atoms with Crippen molar-refractivity contribution in [2.24, 2.45) is 16.8 Å². The number of rotatable bonds is 2. The second-order valence-electron chi connectivity index (χ2n) is 4.45. The fourth-order valence-electron chi connectivity index (χ4n) is 2.00. The second-order valence-corrected chi connectivity index (χ2v) is 4.45. The summed E-state index contributed by atoms with van der Waals surface area (Å²) in [6.45, 7) is 4.52. The van der Waals surface area contributed by atoms with E-state index in [-0.39, 0.29) is 0 Å². The molecule has 1 heteroatoms. The zero-order valence-corrected chi connectivity index (χ0v) is 8.85. The SMILES string of the molecule is CC(C)CC1=CC2C=CC=NC2C=C1. The van der Waals surface area contributed by atoms with E-state index in [1.54, 1.807) is 0 Å². The van der Waals surface area contributed by atoms with Gasteiger partial charge in [0.25, 0.3) is 0 Å². The third kappa shape index (κ3) is 2.03. The maximum absolute atomic E-state index is 4.42. The van der Waals surface area contributed by atoms with E-state index in [0.717, 1.165) is 5.92 Å². The maximum Gasteiger partial charge on any atom is 0.0780 e. The normalized spacial score (nSPS) is 29.2. The summed E-state index contributed by atoms with van der Waals surface area (Å²) in [5.74, 6) is 1.23. The zero-order chi connectivity index (χ0) is 9.97. The molecule has 0 amide bonds. The molecule has 0 radical (unpaired) electrons. The van der Waals surface area contributed by atoms with Gasteiger partial charge in [0, 0.05) is 12.1 Å². The van der Waals surface area contributed by atoms with Crippen molar-refractivity contribution < 1.29 is 0 Å². The van der Waals surface area contributed by atoms with E-state index in [1.165, 1.54) is 12.0 Å². The Kier molecular flexibility index (Phi) is 2.67. The van der Waals surface area contributed by atoms with Gasteiger partial charge in [-0.05, 0) is 18.4 Å². The van der Waals surface area contributed by atoms with E-state index < -0.39 is 0 Å². The molecule has 0 N–H and O–H groups in total. The van der Waals surface area contributed by atoms with Crippen molar-refractivity contribution in [3.05, 3.63) is 36.0 Å². The van der Waals surface area contributed by atoms with Crippen LogP contribution in [0.1, 0.15) is 20.3 Å². The van der Waals surface area contributed by atoms with Gasteiger partial charge in [0.15, 0.2) is 0 Å². The third-order valence-corrected chi connectivity index (χ3v) is 2.63. The molecule has 0 aromatic carbocycles. The first-order valence-corrected chi connectivity index (χ1v) is 5.34. The van der Waals surface area contributed by atoms with Crippen LogP contribution in [0.3, 0.4) is 0 Å². The first-order valence-electron chi connectivity index (χ1n) is 5.34. The summed E-state index contributed by atoms with van der Waals surface area (Å²) >= 11 is 0. The lowest BCUT2D eigenvalue weighted by Crippen LogP contribution is -2.18. The number of aliphatic imine (C=N–C) groups is 1. The smallest absolute Gasteiger partial charge is 0.0780 e. The minimum atomic E-state index is 0.357. The Labute approximate surface area is 85.9 Å². The lowest BCUT2D eigenvalue weighted by molar-refractivity contribution is 0.623. The van der Waals surface area contributed by atoms with Crippen LogP contribution in [0.25, 0.3) is 0 Å². The maximum atomic E-state index is 4.42. The number of fused-ring (bicyclic) bond motifs is 1. The summed E-state index contributed by atoms with van der Waals surface area (Å²) in [5.41, 5.74) is 1.46. The fraction of sp³-hybridized carbons (Fsp3) is 0.462. The Balaban J connectivity index is 2.10. The van der Waals surface area contributed by atoms with Gasteiger partial charge in [-0.1, -0.05) is 43.7 Å². The van der Waals surface area contributed by atoms with Crippen molar-refractivity contribution in [2.75, 3.05) is 0 Å². The molecule has 2 rings (SSSR count). The van der Waals surface area contributed by atoms with E-state index in [2.05, 4.69) is 43.1 Å². The summed E-state index contributed by atoms with van der Waals surface area (Å²) in [4.78, 5) is 4.42. The first kappa shape index (κ1) is 9.45. The Morgan fingerprint density at radius 2 is 2.21 bits per heavy atom. The minimum Gasteiger partial charge on any atom is -0.285 e. The number of allylic oxidation sites excluding steroid dienone is 3. The van der Waals surface area contributed by atoms with Crippen molar-refractivity contribution in [3.63, 3.8) is 0 Å². The number of hydrogen-bond acceptors (Lipinski definition) is 1. The highest BCUT2D eigenvalue weighted by Gasteiger charge is 2.18. The average molecular weight is 187 g/mol. The molecule has 2 atom stereocenters. The van der Waals surface area contributed by atoms with Gasteiger partial charge in [-0.25, -0.2) is 0 Å². The van der Waals surface area contributed by atoms with Gasteiger partial charge in [-0.2, -0.15) is 0 Å². The lowest BCUT2D eigenvalue weighted by atomic mass is 9.87. The molecule has 0 bridgehead atoms. The number of nitrogens with zero attached hydrogens (tertiary/aromatic N) is 1. The van der Waals surface area contributed by atoms with Crippen molar-refractivity contribution in [1.29, 1.82) is 0 Å². The second kappa shape index (κ2) is 3.95. The third-order valence-electron chi connectivity index (χ3n) is 2.63. The molecule has 1 aliphatic carbocycles. The van der Waals surface area contributed by atoms with Crippen LogP contribution in [0.4, 0.5) is 0 Å². The zero-order valence-electron chi connectivity index (χ0n) is 8.85. The van der Waals surface area contributed by atoms with Crippen LogP contribution in [-0.2, 0) is 0 Å². The molecule has 1 aliphatic heterocycles. The quantitative estimate of drug-likeness (QED) is 0.629. The first-order chi connectivity index (χ1) is 6.75. The highest BCUT2D eigenvalue weighted by Crippen LogP contribution is 2.26. The molecule has 1 nitrogen and oxygen atoms in total. The van der Waals surface area contributed by atoms with Crippen LogP contribution >= 0.6 is 0 Å². The molecule has 14 heavy (non-hydrogen) atoms. The predicted octanol–water partition coefficient (Wildman–Crippen LogP) is 3.15. The van der Waals surface area contributed by atoms with Gasteiger partial charge in [0.2, 0.25) is 0 Å². The Bertz CT molecular complexity index is 318. The molecule has 0 aromatic heterocycles. The lowest BCUT2D eigenvalue weighted by Gasteiger charge is -2.23. The van der Waals surface area contributed by atoms with Crippen molar-refractivity contribution in [1.82, 2.24) is 0 Å². The van der Waals surface area contributed by atoms with E-state index in [1.807, 2.05) is 12.3 Å². The summed E-state index contributed by atoms with van der Waals surface area (Å²) in [5, 5.41) is 0. The van der Waals surface area contributed by atoms with E-state index in [0.29, 0.717) is 12.0 Å². The van der Waals surface area contributed by atoms with Crippen molar-refractivity contribution >= 4 is 6.21 Å². The van der Waals surface area contributed by atoms with Crippen LogP contribution in [0, 0.1) is 11.8 Å². The van der Waals surface area contributed by atoms with E-state index >= 15 is 0 Å². The van der Waals surface area contributed by atoms with Gasteiger partial charge in [-0.3, -0.25) is 4.99 Å². The highest BCUT2D eigenvalue weighted by atomic mass is 14.8. The van der Waals surface area contributed by atoms with E-state index in [4.69, 9.17) is 0 Å². The average Bonchev–Trinajstić information content (AvgIpc) is 2.17. The topological polar surface area (TPSA) is 12.4 Å². The Hall–Kier alpha value is -1.11. The van der Waals surface area contributed by atoms with Crippen LogP contribution in [-0.4, -0.2) is 12.3 Å². The van der Waals surface area contributed by atoms with Gasteiger partial charge in [0.05, 0.1) is 6.04 Å². The molecule has 0 spiro atoms. The van der Waals surface area contributed by atoms with Crippen LogP contribution in [0.15, 0.2) is 40.9 Å². The number of dihydropyridines is 1. The van der Waals surface area contributed by atoms with Gasteiger partial charge < -0.3 is 0 Å². The van der Waals surface area contributed by atoms with Crippen molar-refractivity contribution in [3.8, 4) is 0 Å². The standard InChI is InChI=1S/C13H17N/c1-10(2)8-11-5-6-13-12(9-11)4-3-7-14-13/h3-7,9-10,12-13H,8H2,1-2H3. The van der Waals surface area contributed by atoms with Gasteiger partial charge >= 0.3 is 0 Å². The molecule has 0 aromatic rings. The fourth-order valence-corrected chi connectivity index (χ4v) is 2.00. The molecule has 74 valence electrons. The van der Waals surface area contributed by atoms with Crippen LogP contribution in [0.2, 0.25) is 0 Å². The summed E-state index contributed by atoms with van der Waals surface area (Å²) < 4.78 is 0. The van der Waals surface area contributed by atoms with Gasteiger partial charge in [0.1, 0.15) is 0 Å². The summed E-state index contributed by atoms with van der Waals surface area (Å²) in [6.07, 6.45) is 14.2. The Morgan fingerprint density at radius 3 is 3.00 bits per heavy atom. The molecule has 0 saturated carbocycles. The number of hydrogen-bond donors (Lipinski definition) is 0. The molecular formula is C13H17N. The minimum absolute atomic E-state index is 0.357. The summed E-state index contributed by atoms with van der Waals surface area (Å²) in [7, 11) is 0. The molecule has 1 heterocycles. The molecule has 2 unspecified atom stereocenters. The molecular weight excluding hydrogens is 170 g/mol. The van der Waals surface area contributed by atoms with Crippen LogP contribution in [0.5, 0.6) is 0 Å². The van der Waals surface area contributed by atoms with Crippen LogP contribution < -0.4 is 0 Å². The van der Waals surface area contributed by atoms with Crippen molar-refractivity contribution in [2.45, 2.75) is 26.3 Å². The Morgan fingerprint density at radius 1 is 1.36 bits per heavy atom. The highest BCUT2D eigenvalue weighted by molar-refractivity contribution is 5.73. The van der Waals surface area contributed by atoms with E-state index in [9.17, 15) is 0 Å². The van der Waals surface area contributed by atoms with Gasteiger partial charge in [-0.15, -0.1) is 0 Å². The molecule has 0 saturated heterocycles. The summed E-state index contributed by atoms with van der Waals surface area (Å²) in [6, 6.07) is 0.357. The molecule has 0 fully saturated rings. The largest absolute Gasteiger partial charge is 0.285 e. The molecule has 2 aliphatic rings. The predicted molar refractivity (Wildman–Crippen MR) is 61.6 cm³/mol. The monoisotopic (exact) mass is 187 g/mol.